The Morgan fingerprint density at radius 2 is 2.00 bits per heavy atom. The molecule has 0 bridgehead atoms. The molecule has 0 unspecified atom stereocenters. The van der Waals surface area contributed by atoms with E-state index in [1.807, 2.05) is 24.3 Å². The van der Waals surface area contributed by atoms with Gasteiger partial charge >= 0.3 is 0 Å². The molecule has 1 aliphatic carbocycles. The highest BCUT2D eigenvalue weighted by atomic mass is 35.5. The molecule has 26 heavy (non-hydrogen) atoms. The quantitative estimate of drug-likeness (QED) is 0.529. The zero-order valence-corrected chi connectivity index (χ0v) is 15.2. The molecule has 5 rings (SSSR count). The van der Waals surface area contributed by atoms with E-state index in [9.17, 15) is 0 Å². The van der Waals surface area contributed by atoms with Gasteiger partial charge < -0.3 is 9.73 Å². The number of fused-ring (bicyclic) bond motifs is 1. The molecule has 6 nitrogen and oxygen atoms in total. The highest BCUT2D eigenvalue weighted by molar-refractivity contribution is 7.22. The lowest BCUT2D eigenvalue weighted by atomic mass is 10.2. The van der Waals surface area contributed by atoms with Gasteiger partial charge in [0.15, 0.2) is 0 Å². The number of hydrogen-bond donors (Lipinski definition) is 1. The van der Waals surface area contributed by atoms with E-state index < -0.39 is 0 Å². The molecule has 1 fully saturated rings. The van der Waals surface area contributed by atoms with E-state index in [-0.39, 0.29) is 0 Å². The fraction of sp³-hybridized carbons (Fsp3) is 0.222. The van der Waals surface area contributed by atoms with Gasteiger partial charge in [-0.05, 0) is 36.6 Å². The van der Waals surface area contributed by atoms with Crippen LogP contribution < -0.4 is 5.32 Å². The third-order valence-electron chi connectivity index (χ3n) is 4.26. The van der Waals surface area contributed by atoms with Crippen LogP contribution in [-0.2, 0) is 6.54 Å². The molecule has 1 aromatic carbocycles. The van der Waals surface area contributed by atoms with Gasteiger partial charge in [0.05, 0.1) is 16.8 Å². The topological polar surface area (TPSA) is 76.7 Å². The molecular weight excluding hydrogens is 370 g/mol. The maximum Gasteiger partial charge on any atom is 0.235 e. The zero-order valence-electron chi connectivity index (χ0n) is 13.6. The Kier molecular flexibility index (Phi) is 3.83. The standard InChI is InChI=1S/C18H14ClN5OS/c19-12-5-3-10(4-6-12)14-7-13-16(26-14)17(22-9-21-13)20-8-15-23-24-18(25-15)11-1-2-11/h3-7,9,11H,1-2,8H2,(H,20,21,22). The van der Waals surface area contributed by atoms with Gasteiger partial charge in [0.1, 0.15) is 12.1 Å². The number of benzene rings is 1. The molecular formula is C18H14ClN5OS. The lowest BCUT2D eigenvalue weighted by molar-refractivity contribution is 0.457. The van der Waals surface area contributed by atoms with Crippen molar-refractivity contribution in [2.75, 3.05) is 5.32 Å². The summed E-state index contributed by atoms with van der Waals surface area (Å²) in [5.41, 5.74) is 2.01. The summed E-state index contributed by atoms with van der Waals surface area (Å²) < 4.78 is 6.69. The number of halogens is 1. The zero-order chi connectivity index (χ0) is 17.5. The monoisotopic (exact) mass is 383 g/mol. The Hall–Kier alpha value is -2.51. The molecule has 0 atom stereocenters. The van der Waals surface area contributed by atoms with E-state index in [4.69, 9.17) is 16.0 Å². The van der Waals surface area contributed by atoms with Crippen molar-refractivity contribution in [2.45, 2.75) is 25.3 Å². The molecule has 1 saturated carbocycles. The van der Waals surface area contributed by atoms with E-state index in [1.165, 1.54) is 0 Å². The summed E-state index contributed by atoms with van der Waals surface area (Å²) in [7, 11) is 0. The Bertz CT molecular complexity index is 1070. The van der Waals surface area contributed by atoms with Crippen LogP contribution in [-0.4, -0.2) is 20.2 Å². The highest BCUT2D eigenvalue weighted by Gasteiger charge is 2.29. The Morgan fingerprint density at radius 1 is 1.15 bits per heavy atom. The number of nitrogens with zero attached hydrogens (tertiary/aromatic N) is 4. The van der Waals surface area contributed by atoms with Crippen LogP contribution in [0.4, 0.5) is 5.82 Å². The number of thiophene rings is 1. The minimum absolute atomic E-state index is 0.444. The van der Waals surface area contributed by atoms with Crippen LogP contribution in [0.25, 0.3) is 20.7 Å². The van der Waals surface area contributed by atoms with Crippen molar-refractivity contribution >= 4 is 39.0 Å². The normalized spacial score (nSPS) is 14.0. The predicted octanol–water partition coefficient (Wildman–Crippen LogP) is 4.88. The first kappa shape index (κ1) is 15.7. The first-order valence-corrected chi connectivity index (χ1v) is 9.52. The predicted molar refractivity (Wildman–Crippen MR) is 101 cm³/mol. The highest BCUT2D eigenvalue weighted by Crippen LogP contribution is 2.39. The number of hydrogen-bond acceptors (Lipinski definition) is 7. The van der Waals surface area contributed by atoms with Crippen LogP contribution in [0.2, 0.25) is 5.02 Å². The molecule has 3 aromatic heterocycles. The van der Waals surface area contributed by atoms with Crippen LogP contribution in [0.5, 0.6) is 0 Å². The maximum absolute atomic E-state index is 5.98. The Labute approximate surface area is 158 Å². The number of anilines is 1. The molecule has 0 amide bonds. The van der Waals surface area contributed by atoms with Gasteiger partial charge in [-0.2, -0.15) is 0 Å². The lowest BCUT2D eigenvalue weighted by Gasteiger charge is -2.02. The lowest BCUT2D eigenvalue weighted by Crippen LogP contribution is -2.02. The van der Waals surface area contributed by atoms with Crippen molar-refractivity contribution < 1.29 is 4.42 Å². The van der Waals surface area contributed by atoms with E-state index in [0.717, 1.165) is 50.2 Å². The Balaban J connectivity index is 1.40. The summed E-state index contributed by atoms with van der Waals surface area (Å²) in [5.74, 6) is 2.55. The van der Waals surface area contributed by atoms with Crippen LogP contribution in [0.15, 0.2) is 41.1 Å². The second-order valence-electron chi connectivity index (χ2n) is 6.22. The summed E-state index contributed by atoms with van der Waals surface area (Å²) in [6, 6.07) is 9.85. The molecule has 1 aliphatic rings. The molecule has 8 heteroatoms. The van der Waals surface area contributed by atoms with Crippen LogP contribution >= 0.6 is 22.9 Å². The fourth-order valence-corrected chi connectivity index (χ4v) is 3.94. The van der Waals surface area contributed by atoms with Crippen LogP contribution in [0.3, 0.4) is 0 Å². The minimum atomic E-state index is 0.444. The maximum atomic E-state index is 5.98. The summed E-state index contributed by atoms with van der Waals surface area (Å²) in [5, 5.41) is 12.2. The van der Waals surface area contributed by atoms with Crippen molar-refractivity contribution in [2.24, 2.45) is 0 Å². The number of aromatic nitrogens is 4. The summed E-state index contributed by atoms with van der Waals surface area (Å²) in [6.45, 7) is 0.444. The molecule has 130 valence electrons. The van der Waals surface area contributed by atoms with E-state index in [0.29, 0.717) is 18.4 Å². The van der Waals surface area contributed by atoms with Crippen LogP contribution in [0, 0.1) is 0 Å². The average Bonchev–Trinajstić information content (AvgIpc) is 3.24. The smallest absolute Gasteiger partial charge is 0.235 e. The number of rotatable bonds is 5. The molecule has 0 spiro atoms. The molecule has 0 radical (unpaired) electrons. The third-order valence-corrected chi connectivity index (χ3v) is 5.69. The summed E-state index contributed by atoms with van der Waals surface area (Å²) >= 11 is 7.62. The van der Waals surface area contributed by atoms with Gasteiger partial charge in [-0.15, -0.1) is 21.5 Å². The second-order valence-corrected chi connectivity index (χ2v) is 7.70. The van der Waals surface area contributed by atoms with Crippen LogP contribution in [0.1, 0.15) is 30.5 Å². The van der Waals surface area contributed by atoms with Crippen molar-refractivity contribution in [3.05, 3.63) is 53.5 Å². The van der Waals surface area contributed by atoms with Crippen molar-refractivity contribution in [3.63, 3.8) is 0 Å². The fourth-order valence-electron chi connectivity index (χ4n) is 2.73. The van der Waals surface area contributed by atoms with Gasteiger partial charge in [0.2, 0.25) is 11.8 Å². The first-order chi connectivity index (χ1) is 12.8. The van der Waals surface area contributed by atoms with Gasteiger partial charge in [0, 0.05) is 15.8 Å². The van der Waals surface area contributed by atoms with Gasteiger partial charge in [-0.1, -0.05) is 23.7 Å². The SMILES string of the molecule is Clc1ccc(-c2cc3ncnc(NCc4nnc(C5CC5)o4)c3s2)cc1. The average molecular weight is 384 g/mol. The molecule has 0 aliphatic heterocycles. The van der Waals surface area contributed by atoms with E-state index >= 15 is 0 Å². The largest absolute Gasteiger partial charge is 0.423 e. The molecule has 3 heterocycles. The number of nitrogens with one attached hydrogen (secondary N) is 1. The summed E-state index contributed by atoms with van der Waals surface area (Å²) in [4.78, 5) is 9.87. The Morgan fingerprint density at radius 3 is 2.81 bits per heavy atom. The van der Waals surface area contributed by atoms with Gasteiger partial charge in [-0.25, -0.2) is 9.97 Å². The van der Waals surface area contributed by atoms with Crippen molar-refractivity contribution in [3.8, 4) is 10.4 Å². The minimum Gasteiger partial charge on any atom is -0.423 e. The van der Waals surface area contributed by atoms with E-state index in [2.05, 4.69) is 31.5 Å². The second kappa shape index (κ2) is 6.34. The third kappa shape index (κ3) is 3.04. The van der Waals surface area contributed by atoms with Gasteiger partial charge in [-0.3, -0.25) is 0 Å². The summed E-state index contributed by atoms with van der Waals surface area (Å²) in [6.07, 6.45) is 3.85. The first-order valence-electron chi connectivity index (χ1n) is 8.33. The molecule has 0 saturated heterocycles. The van der Waals surface area contributed by atoms with E-state index in [1.54, 1.807) is 17.7 Å². The molecule has 4 aromatic rings. The van der Waals surface area contributed by atoms with Crippen molar-refractivity contribution in [1.82, 2.24) is 20.2 Å². The molecule has 1 N–H and O–H groups in total. The van der Waals surface area contributed by atoms with Gasteiger partial charge in [0.25, 0.3) is 0 Å². The van der Waals surface area contributed by atoms with Crippen molar-refractivity contribution in [1.29, 1.82) is 0 Å².